The van der Waals surface area contributed by atoms with Crippen molar-refractivity contribution in [1.29, 1.82) is 0 Å². The molecule has 24 heavy (non-hydrogen) atoms. The average molecular weight is 401 g/mol. The lowest BCUT2D eigenvalue weighted by Gasteiger charge is -2.37. The summed E-state index contributed by atoms with van der Waals surface area (Å²) in [5.41, 5.74) is 0.324. The Labute approximate surface area is 149 Å². The summed E-state index contributed by atoms with van der Waals surface area (Å²) in [5.74, 6) is -0.279. The average Bonchev–Trinajstić information content (AvgIpc) is 3.09. The fourth-order valence-electron chi connectivity index (χ4n) is 3.34. The van der Waals surface area contributed by atoms with Gasteiger partial charge in [-0.1, -0.05) is 15.9 Å². The van der Waals surface area contributed by atoms with E-state index in [1.54, 1.807) is 6.07 Å². The smallest absolute Gasteiger partial charge is 0.251 e. The molecule has 2 fully saturated rings. The van der Waals surface area contributed by atoms with E-state index in [0.29, 0.717) is 22.5 Å². The Kier molecular flexibility index (Phi) is 6.21. The van der Waals surface area contributed by atoms with Crippen LogP contribution in [0.25, 0.3) is 0 Å². The molecule has 7 heteroatoms. The first-order chi connectivity index (χ1) is 11.6. The van der Waals surface area contributed by atoms with Gasteiger partial charge in [0.05, 0.1) is 19.8 Å². The molecule has 1 aromatic rings. The quantitative estimate of drug-likeness (QED) is 0.821. The maximum atomic E-state index is 13.5. The highest BCUT2D eigenvalue weighted by molar-refractivity contribution is 9.10. The molecule has 0 saturated carbocycles. The number of amides is 1. The summed E-state index contributed by atoms with van der Waals surface area (Å²) in [6, 6.07) is 4.43. The number of morpholine rings is 1. The number of carbonyl (C=O) groups is 1. The van der Waals surface area contributed by atoms with Crippen LogP contribution < -0.4 is 5.32 Å². The molecule has 0 unspecified atom stereocenters. The van der Waals surface area contributed by atoms with E-state index >= 15 is 0 Å². The molecule has 1 aromatic carbocycles. The van der Waals surface area contributed by atoms with Crippen LogP contribution in [0.15, 0.2) is 22.7 Å². The van der Waals surface area contributed by atoms with E-state index in [9.17, 15) is 9.18 Å². The number of benzene rings is 1. The molecule has 0 bridgehead atoms. The lowest BCUT2D eigenvalue weighted by molar-refractivity contribution is 0.00166. The number of ether oxygens (including phenoxy) is 2. The van der Waals surface area contributed by atoms with Crippen molar-refractivity contribution in [3.05, 3.63) is 34.1 Å². The van der Waals surface area contributed by atoms with Crippen LogP contribution in [-0.4, -0.2) is 62.9 Å². The first kappa shape index (κ1) is 17.8. The Morgan fingerprint density at radius 1 is 1.29 bits per heavy atom. The molecule has 0 aromatic heterocycles. The summed E-state index contributed by atoms with van der Waals surface area (Å²) in [6.45, 7) is 5.19. The van der Waals surface area contributed by atoms with Gasteiger partial charge in [-0.15, -0.1) is 0 Å². The third kappa shape index (κ3) is 4.53. The number of hydrogen-bond acceptors (Lipinski definition) is 4. The zero-order valence-corrected chi connectivity index (χ0v) is 15.1. The normalized spacial score (nSPS) is 23.2. The highest BCUT2D eigenvalue weighted by atomic mass is 79.9. The second kappa shape index (κ2) is 8.38. The predicted octanol–water partition coefficient (Wildman–Crippen LogP) is 2.06. The topological polar surface area (TPSA) is 50.8 Å². The number of halogens is 2. The van der Waals surface area contributed by atoms with Gasteiger partial charge in [-0.25, -0.2) is 4.39 Å². The number of rotatable bonds is 5. The van der Waals surface area contributed by atoms with Crippen molar-refractivity contribution in [3.63, 3.8) is 0 Å². The molecule has 0 spiro atoms. The summed E-state index contributed by atoms with van der Waals surface area (Å²) < 4.78 is 25.0. The molecular formula is C17H22BrFN2O3. The fourth-order valence-corrected chi connectivity index (χ4v) is 3.81. The van der Waals surface area contributed by atoms with Crippen LogP contribution >= 0.6 is 15.9 Å². The van der Waals surface area contributed by atoms with Gasteiger partial charge in [0.1, 0.15) is 5.82 Å². The van der Waals surface area contributed by atoms with Crippen LogP contribution in [-0.2, 0) is 9.47 Å². The van der Waals surface area contributed by atoms with Gasteiger partial charge >= 0.3 is 0 Å². The first-order valence-corrected chi connectivity index (χ1v) is 9.06. The minimum absolute atomic E-state index is 0.220. The van der Waals surface area contributed by atoms with Gasteiger partial charge in [-0.05, 0) is 24.6 Å². The maximum absolute atomic E-state index is 13.5. The molecule has 1 amide bonds. The highest BCUT2D eigenvalue weighted by Gasteiger charge is 2.31. The summed E-state index contributed by atoms with van der Waals surface area (Å²) >= 11 is 3.22. The van der Waals surface area contributed by atoms with Crippen molar-refractivity contribution in [1.82, 2.24) is 10.2 Å². The van der Waals surface area contributed by atoms with Crippen molar-refractivity contribution in [2.75, 3.05) is 46.1 Å². The van der Waals surface area contributed by atoms with Gasteiger partial charge in [-0.3, -0.25) is 9.69 Å². The van der Waals surface area contributed by atoms with E-state index in [0.717, 1.165) is 45.9 Å². The van der Waals surface area contributed by atoms with Gasteiger partial charge in [0.2, 0.25) is 0 Å². The third-order valence-corrected chi connectivity index (χ3v) is 5.08. The van der Waals surface area contributed by atoms with Crippen molar-refractivity contribution in [3.8, 4) is 0 Å². The Morgan fingerprint density at radius 2 is 2.08 bits per heavy atom. The number of hydrogen-bond donors (Lipinski definition) is 1. The summed E-state index contributed by atoms with van der Waals surface area (Å²) in [6.07, 6.45) is 1.00. The zero-order chi connectivity index (χ0) is 16.9. The molecule has 1 N–H and O–H groups in total. The van der Waals surface area contributed by atoms with Crippen LogP contribution in [0.4, 0.5) is 4.39 Å². The van der Waals surface area contributed by atoms with E-state index in [1.165, 1.54) is 12.1 Å². The minimum atomic E-state index is -0.427. The lowest BCUT2D eigenvalue weighted by atomic mass is 9.96. The van der Waals surface area contributed by atoms with E-state index in [4.69, 9.17) is 9.47 Å². The summed E-state index contributed by atoms with van der Waals surface area (Å²) in [7, 11) is 0. The van der Waals surface area contributed by atoms with Crippen molar-refractivity contribution < 1.29 is 18.7 Å². The second-order valence-corrected chi connectivity index (χ2v) is 7.12. The van der Waals surface area contributed by atoms with E-state index in [-0.39, 0.29) is 11.9 Å². The molecule has 2 atom stereocenters. The number of nitrogens with zero attached hydrogens (tertiary/aromatic N) is 1. The fraction of sp³-hybridized carbons (Fsp3) is 0.588. The first-order valence-electron chi connectivity index (χ1n) is 8.27. The molecule has 132 valence electrons. The molecule has 2 aliphatic heterocycles. The number of carbonyl (C=O) groups excluding carboxylic acids is 1. The van der Waals surface area contributed by atoms with Crippen LogP contribution in [0.3, 0.4) is 0 Å². The lowest BCUT2D eigenvalue weighted by Crippen LogP contribution is -2.52. The molecule has 2 saturated heterocycles. The van der Waals surface area contributed by atoms with Gasteiger partial charge in [-0.2, -0.15) is 0 Å². The van der Waals surface area contributed by atoms with Gasteiger partial charge in [0, 0.05) is 48.2 Å². The van der Waals surface area contributed by atoms with Crippen LogP contribution in [0.1, 0.15) is 16.8 Å². The Balaban J connectivity index is 1.64. The van der Waals surface area contributed by atoms with E-state index in [1.807, 2.05) is 0 Å². The molecular weight excluding hydrogens is 379 g/mol. The Bertz CT molecular complexity index is 555. The van der Waals surface area contributed by atoms with Gasteiger partial charge < -0.3 is 14.8 Å². The molecule has 5 nitrogen and oxygen atoms in total. The van der Waals surface area contributed by atoms with Crippen LogP contribution in [0.5, 0.6) is 0 Å². The van der Waals surface area contributed by atoms with Crippen molar-refractivity contribution in [2.24, 2.45) is 5.92 Å². The molecule has 0 aliphatic carbocycles. The van der Waals surface area contributed by atoms with Crippen molar-refractivity contribution in [2.45, 2.75) is 12.5 Å². The summed E-state index contributed by atoms with van der Waals surface area (Å²) in [4.78, 5) is 14.7. The molecule has 2 aliphatic rings. The highest BCUT2D eigenvalue weighted by Crippen LogP contribution is 2.22. The monoisotopic (exact) mass is 400 g/mol. The molecule has 0 radical (unpaired) electrons. The van der Waals surface area contributed by atoms with Crippen LogP contribution in [0.2, 0.25) is 0 Å². The number of nitrogens with one attached hydrogen (secondary N) is 1. The Hall–Kier alpha value is -1.02. The maximum Gasteiger partial charge on any atom is 0.251 e. The SMILES string of the molecule is O=C(NC[C@@H]([C@@H]1CCOC1)N1CCOCC1)c1cc(F)cc(Br)c1. The Morgan fingerprint density at radius 3 is 2.75 bits per heavy atom. The second-order valence-electron chi connectivity index (χ2n) is 6.21. The zero-order valence-electron chi connectivity index (χ0n) is 13.5. The molecule has 2 heterocycles. The van der Waals surface area contributed by atoms with E-state index < -0.39 is 5.82 Å². The van der Waals surface area contributed by atoms with Gasteiger partial charge in [0.15, 0.2) is 0 Å². The minimum Gasteiger partial charge on any atom is -0.381 e. The van der Waals surface area contributed by atoms with E-state index in [2.05, 4.69) is 26.1 Å². The summed E-state index contributed by atoms with van der Waals surface area (Å²) in [5, 5.41) is 2.96. The predicted molar refractivity (Wildman–Crippen MR) is 91.5 cm³/mol. The third-order valence-electron chi connectivity index (χ3n) is 4.62. The van der Waals surface area contributed by atoms with Gasteiger partial charge in [0.25, 0.3) is 5.91 Å². The molecule has 3 rings (SSSR count). The standard InChI is InChI=1S/C17H22BrFN2O3/c18-14-7-13(8-15(19)9-14)17(22)20-10-16(12-1-4-24-11-12)21-2-5-23-6-3-21/h7-9,12,16H,1-6,10-11H2,(H,20,22)/t12-,16+/m1/s1. The largest absolute Gasteiger partial charge is 0.381 e. The van der Waals surface area contributed by atoms with Crippen molar-refractivity contribution >= 4 is 21.8 Å². The van der Waals surface area contributed by atoms with Crippen LogP contribution in [0, 0.1) is 11.7 Å².